The van der Waals surface area contributed by atoms with E-state index in [2.05, 4.69) is 15.6 Å². The number of phenols is 2. The van der Waals surface area contributed by atoms with Crippen molar-refractivity contribution in [2.75, 3.05) is 0 Å². The third-order valence-corrected chi connectivity index (χ3v) is 3.71. The van der Waals surface area contributed by atoms with Gasteiger partial charge in [0.1, 0.15) is 11.5 Å². The molecular formula is C19H17FN4O3. The van der Waals surface area contributed by atoms with Gasteiger partial charge in [0.15, 0.2) is 11.5 Å². The van der Waals surface area contributed by atoms with Gasteiger partial charge in [-0.2, -0.15) is 0 Å². The zero-order valence-electron chi connectivity index (χ0n) is 14.2. The van der Waals surface area contributed by atoms with Crippen molar-refractivity contribution in [3.63, 3.8) is 0 Å². The minimum atomic E-state index is -0.337. The maximum absolute atomic E-state index is 12.9. The number of halogens is 1. The van der Waals surface area contributed by atoms with E-state index < -0.39 is 0 Å². The van der Waals surface area contributed by atoms with Crippen LogP contribution in [0.4, 0.5) is 4.39 Å². The monoisotopic (exact) mass is 368 g/mol. The molecule has 0 atom stereocenters. The highest BCUT2D eigenvalue weighted by Gasteiger charge is 2.04. The van der Waals surface area contributed by atoms with Crippen LogP contribution in [-0.4, -0.2) is 31.1 Å². The maximum atomic E-state index is 12.9. The van der Waals surface area contributed by atoms with Crippen molar-refractivity contribution in [3.05, 3.63) is 77.4 Å². The number of nitrogens with zero attached hydrogens (tertiary/aromatic N) is 3. The average molecular weight is 368 g/mol. The van der Waals surface area contributed by atoms with E-state index in [4.69, 9.17) is 0 Å². The molecule has 0 fully saturated rings. The molecule has 0 unspecified atom stereocenters. The summed E-state index contributed by atoms with van der Waals surface area (Å²) in [4.78, 5) is 11.9. The van der Waals surface area contributed by atoms with Gasteiger partial charge in [-0.3, -0.25) is 4.79 Å². The molecule has 0 aliphatic rings. The molecule has 27 heavy (non-hydrogen) atoms. The molecule has 0 aliphatic carbocycles. The van der Waals surface area contributed by atoms with E-state index in [0.29, 0.717) is 17.8 Å². The summed E-state index contributed by atoms with van der Waals surface area (Å²) >= 11 is 0. The maximum Gasteiger partial charge on any atom is 0.244 e. The van der Waals surface area contributed by atoms with E-state index in [1.165, 1.54) is 36.4 Å². The van der Waals surface area contributed by atoms with Crippen molar-refractivity contribution < 1.29 is 19.4 Å². The third kappa shape index (κ3) is 5.15. The largest absolute Gasteiger partial charge is 0.504 e. The minimum absolute atomic E-state index is 0.202. The van der Waals surface area contributed by atoms with Crippen LogP contribution in [0.2, 0.25) is 0 Å². The van der Waals surface area contributed by atoms with Crippen LogP contribution in [0.15, 0.2) is 54.7 Å². The summed E-state index contributed by atoms with van der Waals surface area (Å²) in [5, 5.41) is 29.3. The van der Waals surface area contributed by atoms with Crippen molar-refractivity contribution in [3.8, 4) is 11.5 Å². The van der Waals surface area contributed by atoms with Crippen LogP contribution in [0.5, 0.6) is 11.5 Å². The number of aromatic hydroxyl groups is 2. The van der Waals surface area contributed by atoms with Gasteiger partial charge in [-0.25, -0.2) is 9.07 Å². The second-order valence-electron chi connectivity index (χ2n) is 5.83. The van der Waals surface area contributed by atoms with E-state index >= 15 is 0 Å². The van der Waals surface area contributed by atoms with Crippen LogP contribution in [-0.2, 0) is 17.9 Å². The molecule has 0 spiro atoms. The lowest BCUT2D eigenvalue weighted by Gasteiger charge is -2.01. The van der Waals surface area contributed by atoms with Gasteiger partial charge >= 0.3 is 0 Å². The minimum Gasteiger partial charge on any atom is -0.504 e. The Morgan fingerprint density at radius 2 is 1.93 bits per heavy atom. The fraction of sp³-hybridized carbons (Fsp3) is 0.105. The van der Waals surface area contributed by atoms with Gasteiger partial charge in [0, 0.05) is 6.08 Å². The summed E-state index contributed by atoms with van der Waals surface area (Å²) in [5.74, 6) is -1.11. The van der Waals surface area contributed by atoms with Crippen molar-refractivity contribution >= 4 is 12.0 Å². The molecule has 138 valence electrons. The Bertz CT molecular complexity index is 967. The highest BCUT2D eigenvalue weighted by molar-refractivity contribution is 5.91. The van der Waals surface area contributed by atoms with E-state index in [1.807, 2.05) is 0 Å². The predicted molar refractivity (Wildman–Crippen MR) is 96.2 cm³/mol. The Hall–Kier alpha value is -3.68. The van der Waals surface area contributed by atoms with Crippen LogP contribution in [0.1, 0.15) is 16.8 Å². The zero-order valence-corrected chi connectivity index (χ0v) is 14.2. The van der Waals surface area contributed by atoms with Gasteiger partial charge in [-0.15, -0.1) is 5.10 Å². The van der Waals surface area contributed by atoms with Crippen LogP contribution >= 0.6 is 0 Å². The molecule has 1 amide bonds. The van der Waals surface area contributed by atoms with Crippen LogP contribution in [0.25, 0.3) is 6.08 Å². The first-order valence-electron chi connectivity index (χ1n) is 8.11. The normalized spacial score (nSPS) is 11.0. The van der Waals surface area contributed by atoms with E-state index in [-0.39, 0.29) is 29.8 Å². The van der Waals surface area contributed by atoms with Crippen molar-refractivity contribution in [1.82, 2.24) is 20.3 Å². The molecule has 2 aromatic carbocycles. The van der Waals surface area contributed by atoms with Crippen molar-refractivity contribution in [2.45, 2.75) is 13.1 Å². The molecule has 0 bridgehead atoms. The second-order valence-corrected chi connectivity index (χ2v) is 5.83. The number of hydrogen-bond donors (Lipinski definition) is 3. The van der Waals surface area contributed by atoms with Gasteiger partial charge < -0.3 is 15.5 Å². The molecular weight excluding hydrogens is 351 g/mol. The zero-order chi connectivity index (χ0) is 19.2. The number of benzene rings is 2. The lowest BCUT2D eigenvalue weighted by Crippen LogP contribution is -2.20. The lowest BCUT2D eigenvalue weighted by molar-refractivity contribution is -0.116. The molecule has 1 aromatic heterocycles. The molecule has 3 rings (SSSR count). The Kier molecular flexibility index (Phi) is 5.46. The quantitative estimate of drug-likeness (QED) is 0.458. The summed E-state index contributed by atoms with van der Waals surface area (Å²) in [6, 6.07) is 10.4. The predicted octanol–water partition coefficient (Wildman–Crippen LogP) is 2.21. The molecule has 3 N–H and O–H groups in total. The standard InChI is InChI=1S/C19H17FN4O3/c20-15-5-1-14(2-6-15)11-24-12-16(22-23-24)10-21-19(27)8-4-13-3-7-17(25)18(26)9-13/h1-9,12,25-26H,10-11H2,(H,21,27)/b8-4+. The number of amides is 1. The van der Waals surface area contributed by atoms with Gasteiger partial charge in [-0.1, -0.05) is 23.4 Å². The van der Waals surface area contributed by atoms with Crippen molar-refractivity contribution in [2.24, 2.45) is 0 Å². The van der Waals surface area contributed by atoms with Crippen LogP contribution in [0.3, 0.4) is 0 Å². The third-order valence-electron chi connectivity index (χ3n) is 3.71. The molecule has 0 saturated carbocycles. The fourth-order valence-electron chi connectivity index (χ4n) is 2.33. The Balaban J connectivity index is 1.51. The van der Waals surface area contributed by atoms with Gasteiger partial charge in [-0.05, 0) is 41.5 Å². The molecule has 8 heteroatoms. The van der Waals surface area contributed by atoms with E-state index in [1.54, 1.807) is 29.1 Å². The smallest absolute Gasteiger partial charge is 0.244 e. The first kappa shape index (κ1) is 18.1. The molecule has 0 radical (unpaired) electrons. The first-order chi connectivity index (χ1) is 13.0. The molecule has 7 nitrogen and oxygen atoms in total. The van der Waals surface area contributed by atoms with Gasteiger partial charge in [0.05, 0.1) is 19.3 Å². The lowest BCUT2D eigenvalue weighted by atomic mass is 10.2. The molecule has 3 aromatic rings. The molecule has 1 heterocycles. The van der Waals surface area contributed by atoms with E-state index in [0.717, 1.165) is 5.56 Å². The number of hydrogen-bond acceptors (Lipinski definition) is 5. The Labute approximate surface area is 154 Å². The van der Waals surface area contributed by atoms with Crippen molar-refractivity contribution in [1.29, 1.82) is 0 Å². The van der Waals surface area contributed by atoms with Gasteiger partial charge in [0.2, 0.25) is 5.91 Å². The summed E-state index contributed by atoms with van der Waals surface area (Å²) < 4.78 is 14.5. The summed E-state index contributed by atoms with van der Waals surface area (Å²) in [6.07, 6.45) is 4.53. The summed E-state index contributed by atoms with van der Waals surface area (Å²) in [7, 11) is 0. The molecule has 0 aliphatic heterocycles. The topological polar surface area (TPSA) is 100 Å². The first-order valence-corrected chi connectivity index (χ1v) is 8.11. The number of aromatic nitrogens is 3. The Morgan fingerprint density at radius 1 is 1.15 bits per heavy atom. The number of rotatable bonds is 6. The summed E-state index contributed by atoms with van der Waals surface area (Å²) in [5.41, 5.74) is 2.05. The number of carbonyl (C=O) groups excluding carboxylic acids is 1. The number of phenolic OH excluding ortho intramolecular Hbond substituents is 2. The fourth-order valence-corrected chi connectivity index (χ4v) is 2.33. The van der Waals surface area contributed by atoms with E-state index in [9.17, 15) is 19.4 Å². The van der Waals surface area contributed by atoms with Gasteiger partial charge in [0.25, 0.3) is 0 Å². The average Bonchev–Trinajstić information content (AvgIpc) is 3.10. The van der Waals surface area contributed by atoms with Crippen LogP contribution < -0.4 is 5.32 Å². The number of nitrogens with one attached hydrogen (secondary N) is 1. The highest BCUT2D eigenvalue weighted by atomic mass is 19.1. The molecule has 0 saturated heterocycles. The van der Waals surface area contributed by atoms with Crippen LogP contribution in [0, 0.1) is 5.82 Å². The SMILES string of the molecule is O=C(/C=C/c1ccc(O)c(O)c1)NCc1cn(Cc2ccc(F)cc2)nn1. The second kappa shape index (κ2) is 8.13. The highest BCUT2D eigenvalue weighted by Crippen LogP contribution is 2.25. The number of carbonyl (C=O) groups is 1. The Morgan fingerprint density at radius 3 is 2.67 bits per heavy atom. The summed E-state index contributed by atoms with van der Waals surface area (Å²) in [6.45, 7) is 0.652.